The summed E-state index contributed by atoms with van der Waals surface area (Å²) >= 11 is 4.98. The summed E-state index contributed by atoms with van der Waals surface area (Å²) in [6, 6.07) is 0. The fourth-order valence-electron chi connectivity index (χ4n) is 0.973. The maximum Gasteiger partial charge on any atom is 0.163 e. The van der Waals surface area contributed by atoms with E-state index >= 15 is 0 Å². The second-order valence-corrected chi connectivity index (χ2v) is 2.66. The van der Waals surface area contributed by atoms with Crippen LogP contribution in [0.3, 0.4) is 0 Å². The Labute approximate surface area is 67.9 Å². The summed E-state index contributed by atoms with van der Waals surface area (Å²) in [7, 11) is 1.85. The van der Waals surface area contributed by atoms with Crippen molar-refractivity contribution in [3.63, 3.8) is 0 Å². The van der Waals surface area contributed by atoms with Crippen molar-refractivity contribution in [3.05, 3.63) is 17.2 Å². The molecule has 56 valence electrons. The predicted octanol–water partition coefficient (Wildman–Crippen LogP) is 1.03. The monoisotopic (exact) mass is 166 g/mol. The maximum absolute atomic E-state index is 4.98. The highest BCUT2D eigenvalue weighted by atomic mass is 32.1. The van der Waals surface area contributed by atoms with Gasteiger partial charge in [0.05, 0.1) is 11.7 Å². The van der Waals surface area contributed by atoms with E-state index in [0.29, 0.717) is 4.64 Å². The fraction of sp³-hybridized carbons (Fsp3) is 0.167. The van der Waals surface area contributed by atoms with Crippen molar-refractivity contribution in [1.82, 2.24) is 19.7 Å². The quantitative estimate of drug-likeness (QED) is 0.594. The zero-order chi connectivity index (χ0) is 7.84. The molecule has 0 aliphatic carbocycles. The highest BCUT2D eigenvalue weighted by Gasteiger charge is 1.98. The third kappa shape index (κ3) is 0.932. The van der Waals surface area contributed by atoms with E-state index in [0.717, 1.165) is 11.0 Å². The molecule has 0 fully saturated rings. The molecule has 2 aromatic rings. The van der Waals surface area contributed by atoms with E-state index in [1.54, 1.807) is 11.0 Å². The van der Waals surface area contributed by atoms with E-state index in [-0.39, 0.29) is 0 Å². The van der Waals surface area contributed by atoms with Crippen molar-refractivity contribution < 1.29 is 0 Å². The van der Waals surface area contributed by atoms with Gasteiger partial charge >= 0.3 is 0 Å². The Bertz CT molecular complexity index is 441. The first-order chi connectivity index (χ1) is 5.27. The predicted molar refractivity (Wildman–Crippen MR) is 43.7 cm³/mol. The molecule has 11 heavy (non-hydrogen) atoms. The first-order valence-corrected chi connectivity index (χ1v) is 3.55. The standard InChI is InChI=1S/C6H6N4S/c1-10-2-4-5(9-10)7-3-8-6(4)11/h2-3H,1H3,(H,7,8,9,11). The molecule has 2 heterocycles. The maximum atomic E-state index is 4.98. The van der Waals surface area contributed by atoms with Crippen LogP contribution in [0, 0.1) is 4.64 Å². The molecule has 4 nitrogen and oxygen atoms in total. The first-order valence-electron chi connectivity index (χ1n) is 3.14. The molecule has 0 atom stereocenters. The van der Waals surface area contributed by atoms with E-state index in [4.69, 9.17) is 12.2 Å². The minimum Gasteiger partial charge on any atom is -0.329 e. The molecule has 2 aromatic heterocycles. The number of hydrogen-bond acceptors (Lipinski definition) is 3. The molecule has 2 rings (SSSR count). The van der Waals surface area contributed by atoms with E-state index in [1.807, 2.05) is 13.2 Å². The van der Waals surface area contributed by atoms with Crippen molar-refractivity contribution in [2.75, 3.05) is 0 Å². The lowest BCUT2D eigenvalue weighted by molar-refractivity contribution is 0.775. The summed E-state index contributed by atoms with van der Waals surface area (Å²) in [6.07, 6.45) is 3.40. The van der Waals surface area contributed by atoms with Gasteiger partial charge in [0, 0.05) is 13.2 Å². The number of nitrogens with zero attached hydrogens (tertiary/aromatic N) is 3. The average molecular weight is 166 g/mol. The number of aromatic amines is 1. The molecule has 0 saturated carbocycles. The topological polar surface area (TPSA) is 46.5 Å². The van der Waals surface area contributed by atoms with Gasteiger partial charge in [-0.2, -0.15) is 5.10 Å². The number of aryl methyl sites for hydroxylation is 1. The number of hydrogen-bond donors (Lipinski definition) is 1. The molecule has 1 N–H and O–H groups in total. The van der Waals surface area contributed by atoms with Gasteiger partial charge < -0.3 is 4.98 Å². The Morgan fingerprint density at radius 3 is 3.18 bits per heavy atom. The highest BCUT2D eigenvalue weighted by Crippen LogP contribution is 2.06. The lowest BCUT2D eigenvalue weighted by Crippen LogP contribution is -1.85. The molecule has 0 unspecified atom stereocenters. The Morgan fingerprint density at radius 1 is 1.64 bits per heavy atom. The molecule has 0 saturated heterocycles. The van der Waals surface area contributed by atoms with Crippen LogP contribution in [0.4, 0.5) is 0 Å². The van der Waals surface area contributed by atoms with Gasteiger partial charge in [0.25, 0.3) is 0 Å². The van der Waals surface area contributed by atoms with Crippen LogP contribution < -0.4 is 0 Å². The van der Waals surface area contributed by atoms with Crippen LogP contribution in [0.15, 0.2) is 12.5 Å². The van der Waals surface area contributed by atoms with Gasteiger partial charge in [-0.1, -0.05) is 12.2 Å². The molecule has 0 aliphatic rings. The molecule has 0 bridgehead atoms. The van der Waals surface area contributed by atoms with Crippen molar-refractivity contribution in [1.29, 1.82) is 0 Å². The number of fused-ring (bicyclic) bond motifs is 1. The lowest BCUT2D eigenvalue weighted by atomic mass is 10.4. The van der Waals surface area contributed by atoms with Gasteiger partial charge in [0.1, 0.15) is 4.64 Å². The van der Waals surface area contributed by atoms with Crippen LogP contribution in [-0.2, 0) is 7.05 Å². The van der Waals surface area contributed by atoms with Gasteiger partial charge in [-0.25, -0.2) is 4.98 Å². The Balaban J connectivity index is 3.02. The molecule has 0 radical (unpaired) electrons. The zero-order valence-corrected chi connectivity index (χ0v) is 6.72. The van der Waals surface area contributed by atoms with Gasteiger partial charge in [0.2, 0.25) is 0 Å². The van der Waals surface area contributed by atoms with Crippen LogP contribution in [0.2, 0.25) is 0 Å². The van der Waals surface area contributed by atoms with Crippen LogP contribution in [0.1, 0.15) is 0 Å². The summed E-state index contributed by atoms with van der Waals surface area (Å²) in [4.78, 5) is 6.83. The van der Waals surface area contributed by atoms with Gasteiger partial charge in [-0.15, -0.1) is 0 Å². The minimum absolute atomic E-state index is 0.590. The summed E-state index contributed by atoms with van der Waals surface area (Å²) in [5, 5.41) is 5.02. The van der Waals surface area contributed by atoms with Crippen LogP contribution in [-0.4, -0.2) is 19.7 Å². The smallest absolute Gasteiger partial charge is 0.163 e. The fourth-order valence-corrected chi connectivity index (χ4v) is 1.18. The highest BCUT2D eigenvalue weighted by molar-refractivity contribution is 7.71. The molecular formula is C6H6N4S. The number of rotatable bonds is 0. The van der Waals surface area contributed by atoms with Gasteiger partial charge in [0.15, 0.2) is 5.65 Å². The van der Waals surface area contributed by atoms with Gasteiger partial charge in [-0.3, -0.25) is 4.68 Å². The zero-order valence-electron chi connectivity index (χ0n) is 5.90. The first kappa shape index (κ1) is 6.48. The molecule has 0 aromatic carbocycles. The average Bonchev–Trinajstić information content (AvgIpc) is 2.31. The van der Waals surface area contributed by atoms with Gasteiger partial charge in [-0.05, 0) is 0 Å². The van der Waals surface area contributed by atoms with E-state index in [1.165, 1.54) is 0 Å². The van der Waals surface area contributed by atoms with Crippen molar-refractivity contribution in [3.8, 4) is 0 Å². The molecule has 0 aliphatic heterocycles. The molecule has 5 heteroatoms. The van der Waals surface area contributed by atoms with E-state index < -0.39 is 0 Å². The SMILES string of the molecule is Cn1cc2c(=S)nc[nH]c2n1. The van der Waals surface area contributed by atoms with E-state index in [2.05, 4.69) is 15.1 Å². The summed E-state index contributed by atoms with van der Waals surface area (Å²) in [6.45, 7) is 0. The summed E-state index contributed by atoms with van der Waals surface area (Å²) in [5.74, 6) is 0. The van der Waals surface area contributed by atoms with Crippen LogP contribution in [0.5, 0.6) is 0 Å². The second-order valence-electron chi connectivity index (χ2n) is 2.27. The Morgan fingerprint density at radius 2 is 2.45 bits per heavy atom. The summed E-state index contributed by atoms with van der Waals surface area (Å²) < 4.78 is 2.30. The number of aromatic nitrogens is 4. The summed E-state index contributed by atoms with van der Waals surface area (Å²) in [5.41, 5.74) is 0.785. The number of nitrogens with one attached hydrogen (secondary N) is 1. The third-order valence-corrected chi connectivity index (χ3v) is 1.77. The Kier molecular flexibility index (Phi) is 1.25. The Hall–Kier alpha value is -1.23. The molecule has 0 amide bonds. The van der Waals surface area contributed by atoms with Crippen molar-refractivity contribution >= 4 is 23.3 Å². The normalized spacial score (nSPS) is 10.6. The molecular weight excluding hydrogens is 160 g/mol. The second kappa shape index (κ2) is 2.13. The lowest BCUT2D eigenvalue weighted by Gasteiger charge is -1.83. The number of H-pyrrole nitrogens is 1. The molecule has 0 spiro atoms. The van der Waals surface area contributed by atoms with Crippen molar-refractivity contribution in [2.24, 2.45) is 7.05 Å². The minimum atomic E-state index is 0.590. The third-order valence-electron chi connectivity index (χ3n) is 1.44. The van der Waals surface area contributed by atoms with Crippen LogP contribution >= 0.6 is 12.2 Å². The van der Waals surface area contributed by atoms with E-state index in [9.17, 15) is 0 Å². The van der Waals surface area contributed by atoms with Crippen LogP contribution in [0.25, 0.3) is 11.0 Å². The van der Waals surface area contributed by atoms with Crippen molar-refractivity contribution in [2.45, 2.75) is 0 Å². The largest absolute Gasteiger partial charge is 0.329 e.